The molecule has 20 heavy (non-hydrogen) atoms. The zero-order chi connectivity index (χ0) is 14.5. The van der Waals surface area contributed by atoms with Crippen molar-refractivity contribution < 1.29 is 4.92 Å². The predicted octanol–water partition coefficient (Wildman–Crippen LogP) is 2.00. The van der Waals surface area contributed by atoms with Crippen LogP contribution in [0, 0.1) is 21.4 Å². The molecule has 1 saturated heterocycles. The molecule has 0 unspecified atom stereocenters. The molecule has 1 aliphatic heterocycles. The second-order valence-electron chi connectivity index (χ2n) is 5.07. The third kappa shape index (κ3) is 3.25. The van der Waals surface area contributed by atoms with Gasteiger partial charge in [0.15, 0.2) is 0 Å². The van der Waals surface area contributed by atoms with Crippen molar-refractivity contribution in [2.75, 3.05) is 38.1 Å². The van der Waals surface area contributed by atoms with E-state index < -0.39 is 4.92 Å². The first-order valence-corrected chi connectivity index (χ1v) is 6.74. The van der Waals surface area contributed by atoms with Crippen LogP contribution >= 0.6 is 0 Å². The van der Waals surface area contributed by atoms with Gasteiger partial charge in [0.05, 0.1) is 16.2 Å². The SMILES string of the molecule is CN1CCCN(c2ccc([N+](=O)[O-])cc2C#N)CCC1. The van der Waals surface area contributed by atoms with E-state index in [1.54, 1.807) is 6.07 Å². The topological polar surface area (TPSA) is 73.4 Å². The third-order valence-electron chi connectivity index (χ3n) is 3.59. The largest absolute Gasteiger partial charge is 0.370 e. The number of non-ortho nitro benzene ring substituents is 1. The Kier molecular flexibility index (Phi) is 4.53. The molecule has 0 saturated carbocycles. The Hall–Kier alpha value is -2.13. The number of nitro groups is 1. The second-order valence-corrected chi connectivity index (χ2v) is 5.07. The van der Waals surface area contributed by atoms with Gasteiger partial charge in [-0.25, -0.2) is 0 Å². The predicted molar refractivity (Wildman–Crippen MR) is 76.8 cm³/mol. The fourth-order valence-electron chi connectivity index (χ4n) is 2.53. The molecule has 1 heterocycles. The fraction of sp³-hybridized carbons (Fsp3) is 0.500. The molecule has 0 radical (unpaired) electrons. The number of nitro benzene ring substituents is 1. The quantitative estimate of drug-likeness (QED) is 0.609. The maximum Gasteiger partial charge on any atom is 0.270 e. The van der Waals surface area contributed by atoms with E-state index in [0.717, 1.165) is 44.7 Å². The van der Waals surface area contributed by atoms with Crippen LogP contribution < -0.4 is 4.90 Å². The van der Waals surface area contributed by atoms with E-state index in [9.17, 15) is 15.4 Å². The molecule has 0 spiro atoms. The number of benzene rings is 1. The smallest absolute Gasteiger partial charge is 0.270 e. The molecule has 0 N–H and O–H groups in total. The minimum Gasteiger partial charge on any atom is -0.370 e. The van der Waals surface area contributed by atoms with Crippen molar-refractivity contribution in [1.82, 2.24) is 4.90 Å². The highest BCUT2D eigenvalue weighted by molar-refractivity contribution is 5.63. The molecule has 0 bridgehead atoms. The lowest BCUT2D eigenvalue weighted by atomic mass is 10.1. The summed E-state index contributed by atoms with van der Waals surface area (Å²) in [4.78, 5) is 14.8. The number of hydrogen-bond acceptors (Lipinski definition) is 5. The first-order chi connectivity index (χ1) is 9.61. The van der Waals surface area contributed by atoms with Crippen molar-refractivity contribution in [2.24, 2.45) is 0 Å². The average Bonchev–Trinajstić information content (AvgIpc) is 2.42. The molecule has 0 atom stereocenters. The molecule has 0 aromatic heterocycles. The zero-order valence-electron chi connectivity index (χ0n) is 11.6. The van der Waals surface area contributed by atoms with Crippen LogP contribution in [-0.2, 0) is 0 Å². The van der Waals surface area contributed by atoms with Crippen LogP contribution in [0.5, 0.6) is 0 Å². The van der Waals surface area contributed by atoms with Gasteiger partial charge in [0, 0.05) is 25.2 Å². The van der Waals surface area contributed by atoms with E-state index in [2.05, 4.69) is 22.9 Å². The number of rotatable bonds is 2. The van der Waals surface area contributed by atoms with Gasteiger partial charge in [0.1, 0.15) is 6.07 Å². The Bertz CT molecular complexity index is 528. The summed E-state index contributed by atoms with van der Waals surface area (Å²) in [7, 11) is 2.11. The Morgan fingerprint density at radius 2 is 1.90 bits per heavy atom. The maximum atomic E-state index is 10.8. The van der Waals surface area contributed by atoms with Gasteiger partial charge in [-0.3, -0.25) is 10.1 Å². The Morgan fingerprint density at radius 1 is 1.25 bits per heavy atom. The minimum absolute atomic E-state index is 0.0305. The number of anilines is 1. The summed E-state index contributed by atoms with van der Waals surface area (Å²) in [6, 6.07) is 6.61. The second kappa shape index (κ2) is 6.35. The summed E-state index contributed by atoms with van der Waals surface area (Å²) in [5, 5.41) is 20.0. The minimum atomic E-state index is -0.465. The van der Waals surface area contributed by atoms with Crippen LogP contribution in [-0.4, -0.2) is 43.0 Å². The Balaban J connectivity index is 2.23. The summed E-state index contributed by atoms with van der Waals surface area (Å²) >= 11 is 0. The molecular formula is C14H18N4O2. The summed E-state index contributed by atoms with van der Waals surface area (Å²) < 4.78 is 0. The van der Waals surface area contributed by atoms with E-state index in [1.165, 1.54) is 12.1 Å². The summed E-state index contributed by atoms with van der Waals surface area (Å²) in [6.45, 7) is 3.81. The molecular weight excluding hydrogens is 256 g/mol. The molecule has 6 heteroatoms. The average molecular weight is 274 g/mol. The lowest BCUT2D eigenvalue weighted by Gasteiger charge is -2.30. The molecule has 1 aromatic carbocycles. The van der Waals surface area contributed by atoms with Crippen LogP contribution in [0.2, 0.25) is 0 Å². The summed E-state index contributed by atoms with van der Waals surface area (Å²) in [5.74, 6) is 0. The first-order valence-electron chi connectivity index (χ1n) is 6.74. The maximum absolute atomic E-state index is 10.8. The Morgan fingerprint density at radius 3 is 2.45 bits per heavy atom. The Labute approximate surface area is 118 Å². The van der Waals surface area contributed by atoms with Gasteiger partial charge in [0.2, 0.25) is 0 Å². The fourth-order valence-corrected chi connectivity index (χ4v) is 2.53. The van der Waals surface area contributed by atoms with Crippen LogP contribution in [0.1, 0.15) is 18.4 Å². The van der Waals surface area contributed by atoms with Crippen molar-refractivity contribution in [1.29, 1.82) is 5.26 Å². The molecule has 1 aliphatic rings. The van der Waals surface area contributed by atoms with Gasteiger partial charge in [-0.2, -0.15) is 5.26 Å². The van der Waals surface area contributed by atoms with E-state index in [1.807, 2.05) is 0 Å². The van der Waals surface area contributed by atoms with Crippen molar-refractivity contribution in [3.63, 3.8) is 0 Å². The summed E-state index contributed by atoms with van der Waals surface area (Å²) in [5.41, 5.74) is 1.16. The van der Waals surface area contributed by atoms with Crippen LogP contribution in [0.4, 0.5) is 11.4 Å². The zero-order valence-corrected chi connectivity index (χ0v) is 11.6. The lowest BCUT2D eigenvalue weighted by molar-refractivity contribution is -0.384. The summed E-state index contributed by atoms with van der Waals surface area (Å²) in [6.07, 6.45) is 2.05. The molecule has 0 amide bonds. The lowest BCUT2D eigenvalue weighted by Crippen LogP contribution is -2.35. The van der Waals surface area contributed by atoms with Crippen LogP contribution in [0.25, 0.3) is 0 Å². The van der Waals surface area contributed by atoms with Crippen molar-refractivity contribution in [3.8, 4) is 6.07 Å². The van der Waals surface area contributed by atoms with E-state index in [-0.39, 0.29) is 5.69 Å². The molecule has 1 aromatic rings. The normalized spacial score (nSPS) is 17.1. The van der Waals surface area contributed by atoms with Crippen LogP contribution in [0.15, 0.2) is 18.2 Å². The van der Waals surface area contributed by atoms with Gasteiger partial charge in [-0.15, -0.1) is 0 Å². The molecule has 1 fully saturated rings. The van der Waals surface area contributed by atoms with E-state index in [0.29, 0.717) is 5.56 Å². The number of nitrogens with zero attached hydrogens (tertiary/aromatic N) is 4. The molecule has 6 nitrogen and oxygen atoms in total. The molecule has 106 valence electrons. The van der Waals surface area contributed by atoms with Gasteiger partial charge in [-0.1, -0.05) is 0 Å². The molecule has 2 rings (SSSR count). The van der Waals surface area contributed by atoms with Gasteiger partial charge in [0.25, 0.3) is 5.69 Å². The number of hydrogen-bond donors (Lipinski definition) is 0. The highest BCUT2D eigenvalue weighted by Crippen LogP contribution is 2.25. The molecule has 0 aliphatic carbocycles. The van der Waals surface area contributed by atoms with Crippen molar-refractivity contribution in [3.05, 3.63) is 33.9 Å². The van der Waals surface area contributed by atoms with Crippen molar-refractivity contribution in [2.45, 2.75) is 12.8 Å². The monoisotopic (exact) mass is 274 g/mol. The van der Waals surface area contributed by atoms with Gasteiger partial charge >= 0.3 is 0 Å². The van der Waals surface area contributed by atoms with E-state index >= 15 is 0 Å². The first kappa shape index (κ1) is 14.3. The van der Waals surface area contributed by atoms with Crippen molar-refractivity contribution >= 4 is 11.4 Å². The van der Waals surface area contributed by atoms with Gasteiger partial charge in [-0.05, 0) is 39.0 Å². The standard InChI is InChI=1S/C14H18N4O2/c1-16-6-2-8-17(9-3-7-16)14-5-4-13(18(19)20)10-12(14)11-15/h4-5,10H,2-3,6-9H2,1H3. The third-order valence-corrected chi connectivity index (χ3v) is 3.59. The van der Waals surface area contributed by atoms with Crippen LogP contribution in [0.3, 0.4) is 0 Å². The highest BCUT2D eigenvalue weighted by Gasteiger charge is 2.17. The number of nitriles is 1. The van der Waals surface area contributed by atoms with E-state index in [4.69, 9.17) is 0 Å². The van der Waals surface area contributed by atoms with Gasteiger partial charge < -0.3 is 9.80 Å². The highest BCUT2D eigenvalue weighted by atomic mass is 16.6.